The topological polar surface area (TPSA) is 125 Å². The summed E-state index contributed by atoms with van der Waals surface area (Å²) in [5.41, 5.74) is 2.61. The predicted octanol–water partition coefficient (Wildman–Crippen LogP) is 5.22. The molecule has 1 aromatic heterocycles. The molecule has 0 atom stereocenters. The van der Waals surface area contributed by atoms with Crippen LogP contribution in [0.5, 0.6) is 0 Å². The Balaban J connectivity index is 1.69. The lowest BCUT2D eigenvalue weighted by atomic mass is 9.97. The first-order valence-corrected chi connectivity index (χ1v) is 11.7. The second-order valence-electron chi connectivity index (χ2n) is 8.18. The van der Waals surface area contributed by atoms with Gasteiger partial charge in [0.2, 0.25) is 6.17 Å². The maximum atomic E-state index is 12.1. The fourth-order valence-electron chi connectivity index (χ4n) is 3.80. The number of hydrogen-bond acceptors (Lipinski definition) is 8. The van der Waals surface area contributed by atoms with Gasteiger partial charge in [-0.1, -0.05) is 48.5 Å². The Morgan fingerprint density at radius 2 is 1.76 bits per heavy atom. The highest BCUT2D eigenvalue weighted by molar-refractivity contribution is 7.97. The van der Waals surface area contributed by atoms with Gasteiger partial charge >= 0.3 is 5.97 Å². The molecule has 4 rings (SSSR count). The van der Waals surface area contributed by atoms with Crippen molar-refractivity contribution in [3.63, 3.8) is 0 Å². The zero-order valence-corrected chi connectivity index (χ0v) is 19.3. The summed E-state index contributed by atoms with van der Waals surface area (Å²) in [6, 6.07) is 15.7. The summed E-state index contributed by atoms with van der Waals surface area (Å²) < 4.78 is 1.67. The minimum Gasteiger partial charge on any atom is -0.477 e. The summed E-state index contributed by atoms with van der Waals surface area (Å²) in [4.78, 5) is 16.6. The maximum absolute atomic E-state index is 12.1. The highest BCUT2D eigenvalue weighted by atomic mass is 32.2. The van der Waals surface area contributed by atoms with Gasteiger partial charge in [0.05, 0.1) is 5.75 Å². The Morgan fingerprint density at radius 1 is 1.09 bits per heavy atom. The summed E-state index contributed by atoms with van der Waals surface area (Å²) in [5, 5.41) is 35.7. The Morgan fingerprint density at radius 3 is 2.36 bits per heavy atom. The van der Waals surface area contributed by atoms with Crippen LogP contribution in [0.1, 0.15) is 53.1 Å². The number of hydrogen-bond donors (Lipinski definition) is 2. The van der Waals surface area contributed by atoms with Gasteiger partial charge in [0.15, 0.2) is 5.69 Å². The number of aliphatic hydroxyl groups is 1. The van der Waals surface area contributed by atoms with Crippen LogP contribution in [0, 0.1) is 0 Å². The van der Waals surface area contributed by atoms with Gasteiger partial charge in [-0.25, -0.2) is 9.78 Å². The van der Waals surface area contributed by atoms with E-state index in [0.29, 0.717) is 18.1 Å². The fourth-order valence-corrected chi connectivity index (χ4v) is 4.28. The second-order valence-corrected chi connectivity index (χ2v) is 9.04. The van der Waals surface area contributed by atoms with Crippen LogP contribution in [-0.2, 0) is 17.9 Å². The number of thioether (sulfide) groups is 1. The number of carboxylic acids is 1. The molecule has 10 heteroatoms. The molecule has 3 aromatic rings. The third-order valence-corrected chi connectivity index (χ3v) is 5.86. The van der Waals surface area contributed by atoms with E-state index in [2.05, 4.69) is 25.7 Å². The van der Waals surface area contributed by atoms with Gasteiger partial charge in [0, 0.05) is 12.1 Å². The van der Waals surface area contributed by atoms with E-state index < -0.39 is 17.7 Å². The average molecular weight is 465 g/mol. The highest BCUT2D eigenvalue weighted by Gasteiger charge is 2.31. The quantitative estimate of drug-likeness (QED) is 0.473. The van der Waals surface area contributed by atoms with Crippen molar-refractivity contribution in [2.75, 3.05) is 6.26 Å². The Hall–Kier alpha value is -3.37. The van der Waals surface area contributed by atoms with E-state index in [1.54, 1.807) is 30.2 Å². The van der Waals surface area contributed by atoms with Crippen LogP contribution in [0.2, 0.25) is 0 Å². The molecule has 9 nitrogen and oxygen atoms in total. The van der Waals surface area contributed by atoms with Gasteiger partial charge in [0.25, 0.3) is 0 Å². The van der Waals surface area contributed by atoms with Gasteiger partial charge in [-0.3, -0.25) is 0 Å². The first kappa shape index (κ1) is 22.8. The van der Waals surface area contributed by atoms with Crippen LogP contribution >= 0.6 is 11.8 Å². The van der Waals surface area contributed by atoms with Gasteiger partial charge in [-0.15, -0.1) is 10.2 Å². The molecule has 0 aliphatic carbocycles. The molecule has 0 fully saturated rings. The molecular weight excluding hydrogens is 440 g/mol. The van der Waals surface area contributed by atoms with E-state index in [4.69, 9.17) is 0 Å². The highest BCUT2D eigenvalue weighted by Crippen LogP contribution is 2.33. The smallest absolute Gasteiger partial charge is 0.354 e. The lowest BCUT2D eigenvalue weighted by molar-refractivity contribution is 0.0602. The monoisotopic (exact) mass is 464 g/mol. The van der Waals surface area contributed by atoms with Crippen molar-refractivity contribution in [2.45, 2.75) is 37.9 Å². The summed E-state index contributed by atoms with van der Waals surface area (Å²) >= 11 is 1.55. The van der Waals surface area contributed by atoms with Crippen molar-refractivity contribution < 1.29 is 15.0 Å². The Labute approximate surface area is 195 Å². The Kier molecular flexibility index (Phi) is 6.39. The number of carbonyl (C=O) groups is 1. The molecule has 0 saturated carbocycles. The third-order valence-electron chi connectivity index (χ3n) is 5.31. The minimum absolute atomic E-state index is 0.0120. The summed E-state index contributed by atoms with van der Waals surface area (Å²) in [6.45, 7) is 3.42. The zero-order valence-electron chi connectivity index (χ0n) is 18.5. The standard InChI is InChI=1S/C23H24N6O3S/c1-23(2,32)20-19(22(30)31)29(18(24-20)13-33-3)12-14-8-10-15(11-9-14)16-6-4-5-7-17(16)21-25-27-28-26-21/h4-11,21,32H,12-13H2,1-3H3,(H,30,31). The Bertz CT molecular complexity index is 1220. The fraction of sp³-hybridized carbons (Fsp3) is 0.304. The average Bonchev–Trinajstić information content (AvgIpc) is 3.43. The molecular formula is C23H24N6O3S. The van der Waals surface area contributed by atoms with E-state index in [1.165, 1.54) is 0 Å². The van der Waals surface area contributed by atoms with Crippen LogP contribution in [-0.4, -0.2) is 32.0 Å². The molecule has 0 unspecified atom stereocenters. The number of aromatic nitrogens is 2. The van der Waals surface area contributed by atoms with Crippen LogP contribution in [0.25, 0.3) is 11.1 Å². The molecule has 0 amide bonds. The molecule has 1 aliphatic heterocycles. The van der Waals surface area contributed by atoms with E-state index in [-0.39, 0.29) is 11.4 Å². The van der Waals surface area contributed by atoms with Gasteiger partial charge in [0.1, 0.15) is 17.1 Å². The van der Waals surface area contributed by atoms with E-state index in [9.17, 15) is 15.0 Å². The lowest BCUT2D eigenvalue weighted by Crippen LogP contribution is -2.22. The molecule has 1 aliphatic rings. The molecule has 2 aromatic carbocycles. The summed E-state index contributed by atoms with van der Waals surface area (Å²) in [5.74, 6) is 0.0348. The number of aromatic carboxylic acids is 1. The molecule has 0 radical (unpaired) electrons. The van der Waals surface area contributed by atoms with E-state index >= 15 is 0 Å². The minimum atomic E-state index is -1.37. The van der Waals surface area contributed by atoms with Crippen molar-refractivity contribution in [2.24, 2.45) is 20.7 Å². The summed E-state index contributed by atoms with van der Waals surface area (Å²) in [7, 11) is 0. The maximum Gasteiger partial charge on any atom is 0.354 e. The molecule has 0 bridgehead atoms. The molecule has 170 valence electrons. The molecule has 0 spiro atoms. The van der Waals surface area contributed by atoms with Gasteiger partial charge < -0.3 is 14.8 Å². The number of carboxylic acid groups (broad SMARTS) is 1. The van der Waals surface area contributed by atoms with E-state index in [1.807, 2.05) is 54.8 Å². The van der Waals surface area contributed by atoms with Crippen molar-refractivity contribution in [3.8, 4) is 11.1 Å². The van der Waals surface area contributed by atoms with Crippen molar-refractivity contribution in [1.82, 2.24) is 9.55 Å². The van der Waals surface area contributed by atoms with Gasteiger partial charge in [-0.05, 0) is 47.2 Å². The van der Waals surface area contributed by atoms with Crippen molar-refractivity contribution in [1.29, 1.82) is 0 Å². The van der Waals surface area contributed by atoms with Crippen LogP contribution in [0.15, 0.2) is 69.2 Å². The largest absolute Gasteiger partial charge is 0.477 e. The molecule has 2 heterocycles. The third kappa shape index (κ3) is 4.71. The lowest BCUT2D eigenvalue weighted by Gasteiger charge is -2.16. The number of imidazole rings is 1. The van der Waals surface area contributed by atoms with E-state index in [0.717, 1.165) is 22.3 Å². The number of nitrogens with zero attached hydrogens (tertiary/aromatic N) is 6. The van der Waals surface area contributed by atoms with Crippen LogP contribution < -0.4 is 0 Å². The number of rotatable bonds is 8. The second kappa shape index (κ2) is 9.24. The first-order valence-electron chi connectivity index (χ1n) is 10.3. The van der Waals surface area contributed by atoms with Crippen LogP contribution in [0.4, 0.5) is 0 Å². The number of benzene rings is 2. The first-order chi connectivity index (χ1) is 15.8. The zero-order chi connectivity index (χ0) is 23.6. The predicted molar refractivity (Wildman–Crippen MR) is 125 cm³/mol. The molecule has 2 N–H and O–H groups in total. The normalized spacial score (nSPS) is 13.7. The molecule has 33 heavy (non-hydrogen) atoms. The van der Waals surface area contributed by atoms with Crippen LogP contribution in [0.3, 0.4) is 0 Å². The SMILES string of the molecule is CSCc1nc(C(C)(C)O)c(C(=O)O)n1Cc1ccc(-c2ccccc2C2N=NN=N2)cc1. The molecule has 0 saturated heterocycles. The summed E-state index contributed by atoms with van der Waals surface area (Å²) in [6.07, 6.45) is 1.48. The van der Waals surface area contributed by atoms with Crippen molar-refractivity contribution >= 4 is 17.7 Å². The van der Waals surface area contributed by atoms with Crippen molar-refractivity contribution in [3.05, 3.63) is 76.9 Å². The van der Waals surface area contributed by atoms with Gasteiger partial charge in [-0.2, -0.15) is 11.8 Å².